The van der Waals surface area contributed by atoms with E-state index in [4.69, 9.17) is 4.74 Å². The molecule has 0 unspecified atom stereocenters. The van der Waals surface area contributed by atoms with E-state index in [0.29, 0.717) is 37.5 Å². The molecule has 0 spiro atoms. The van der Waals surface area contributed by atoms with Crippen molar-refractivity contribution >= 4 is 17.5 Å². The topological polar surface area (TPSA) is 67.2 Å². The van der Waals surface area contributed by atoms with Crippen molar-refractivity contribution in [2.45, 2.75) is 32.8 Å². The van der Waals surface area contributed by atoms with E-state index in [2.05, 4.69) is 4.98 Å². The molecule has 1 saturated heterocycles. The lowest BCUT2D eigenvalue weighted by molar-refractivity contribution is -0.139. The third kappa shape index (κ3) is 3.95. The number of aryl methyl sites for hydroxylation is 1. The van der Waals surface area contributed by atoms with Gasteiger partial charge in [0.1, 0.15) is 18.0 Å². The molecule has 0 atom stereocenters. The second-order valence-corrected chi connectivity index (χ2v) is 8.68. The Morgan fingerprint density at radius 1 is 1.03 bits per heavy atom. The molecule has 2 aromatic heterocycles. The minimum atomic E-state index is -0.0535. The number of benzene rings is 1. The van der Waals surface area contributed by atoms with E-state index < -0.39 is 0 Å². The Morgan fingerprint density at radius 3 is 2.50 bits per heavy atom. The molecule has 0 bridgehead atoms. The van der Waals surface area contributed by atoms with Gasteiger partial charge in [0.25, 0.3) is 5.91 Å². The molecule has 5 rings (SSSR count). The quantitative estimate of drug-likeness (QED) is 0.620. The molecule has 0 N–H and O–H groups in total. The summed E-state index contributed by atoms with van der Waals surface area (Å²) in [5.41, 5.74) is 3.37. The fourth-order valence-electron chi connectivity index (χ4n) is 4.41. The maximum atomic E-state index is 13.2. The number of ether oxygens (including phenoxy) is 1. The number of hydrogen-bond donors (Lipinski definition) is 0. The molecular weight excluding hydrogens is 404 g/mol. The zero-order valence-electron chi connectivity index (χ0n) is 18.4. The Kier molecular flexibility index (Phi) is 5.55. The Labute approximate surface area is 187 Å². The van der Waals surface area contributed by atoms with Gasteiger partial charge in [-0.25, -0.2) is 4.98 Å². The molecule has 1 saturated carbocycles. The number of fused-ring (bicyclic) bond motifs is 1. The van der Waals surface area contributed by atoms with Gasteiger partial charge >= 0.3 is 0 Å². The van der Waals surface area contributed by atoms with Gasteiger partial charge in [-0.2, -0.15) is 0 Å². The Morgan fingerprint density at radius 2 is 1.78 bits per heavy atom. The molecule has 3 aromatic rings. The number of imidazole rings is 1. The van der Waals surface area contributed by atoms with Gasteiger partial charge in [-0.15, -0.1) is 0 Å². The molecule has 2 aliphatic rings. The van der Waals surface area contributed by atoms with Gasteiger partial charge in [0, 0.05) is 44.5 Å². The number of rotatable bonds is 5. The lowest BCUT2D eigenvalue weighted by Crippen LogP contribution is -2.52. The summed E-state index contributed by atoms with van der Waals surface area (Å²) in [6.45, 7) is 4.62. The molecular formula is C25H28N4O3. The Hall–Kier alpha value is -3.35. The van der Waals surface area contributed by atoms with Crippen molar-refractivity contribution in [1.82, 2.24) is 19.2 Å². The number of carbonyl (C=O) groups is 2. The number of nitrogens with zero attached hydrogens (tertiary/aromatic N) is 4. The molecule has 2 fully saturated rings. The van der Waals surface area contributed by atoms with Gasteiger partial charge in [-0.05, 0) is 43.5 Å². The van der Waals surface area contributed by atoms with Crippen molar-refractivity contribution < 1.29 is 14.3 Å². The van der Waals surface area contributed by atoms with Crippen LogP contribution in [0.25, 0.3) is 5.65 Å². The van der Waals surface area contributed by atoms with Crippen LogP contribution in [0.2, 0.25) is 0 Å². The van der Waals surface area contributed by atoms with Crippen molar-refractivity contribution in [2.24, 2.45) is 5.92 Å². The predicted molar refractivity (Wildman–Crippen MR) is 121 cm³/mol. The minimum Gasteiger partial charge on any atom is -0.486 e. The predicted octanol–water partition coefficient (Wildman–Crippen LogP) is 3.31. The zero-order chi connectivity index (χ0) is 22.1. The highest BCUT2D eigenvalue weighted by Crippen LogP contribution is 2.29. The SMILES string of the molecule is Cc1cccn2cc(COc3ccccc3C(=O)N3CCN(C(=O)C4CCC4)CC3)nc12. The highest BCUT2D eigenvalue weighted by molar-refractivity contribution is 5.97. The number of hydrogen-bond acceptors (Lipinski definition) is 4. The first-order chi connectivity index (χ1) is 15.6. The molecule has 1 aliphatic heterocycles. The smallest absolute Gasteiger partial charge is 0.257 e. The summed E-state index contributed by atoms with van der Waals surface area (Å²) in [6, 6.07) is 11.4. The molecule has 0 radical (unpaired) electrons. The average Bonchev–Trinajstić information content (AvgIpc) is 3.21. The van der Waals surface area contributed by atoms with Crippen LogP contribution >= 0.6 is 0 Å². The standard InChI is InChI=1S/C25H28N4O3/c1-18-6-5-11-29-16-20(26-23(18)29)17-32-22-10-3-2-9-21(22)25(31)28-14-12-27(13-15-28)24(30)19-7-4-8-19/h2-3,5-6,9-11,16,19H,4,7-8,12-15,17H2,1H3. The minimum absolute atomic E-state index is 0.0535. The molecule has 1 aromatic carbocycles. The van der Waals surface area contributed by atoms with E-state index in [0.717, 1.165) is 36.2 Å². The third-order valence-corrected chi connectivity index (χ3v) is 6.55. The van der Waals surface area contributed by atoms with Gasteiger partial charge in [0.2, 0.25) is 5.91 Å². The first kappa shape index (κ1) is 20.5. The van der Waals surface area contributed by atoms with Crippen molar-refractivity contribution in [2.75, 3.05) is 26.2 Å². The number of carbonyl (C=O) groups excluding carboxylic acids is 2. The van der Waals surface area contributed by atoms with Crippen molar-refractivity contribution in [3.05, 3.63) is 65.6 Å². The van der Waals surface area contributed by atoms with Gasteiger partial charge < -0.3 is 18.9 Å². The van der Waals surface area contributed by atoms with Crippen LogP contribution in [0, 0.1) is 12.8 Å². The molecule has 3 heterocycles. The average molecular weight is 433 g/mol. The van der Waals surface area contributed by atoms with Crippen molar-refractivity contribution in [1.29, 1.82) is 0 Å². The highest BCUT2D eigenvalue weighted by atomic mass is 16.5. The van der Waals surface area contributed by atoms with Gasteiger partial charge in [0.05, 0.1) is 11.3 Å². The highest BCUT2D eigenvalue weighted by Gasteiger charge is 2.32. The molecule has 7 nitrogen and oxygen atoms in total. The Balaban J connectivity index is 1.24. The normalized spacial score (nSPS) is 16.8. The number of pyridine rings is 1. The van der Waals surface area contributed by atoms with Crippen LogP contribution in [-0.2, 0) is 11.4 Å². The van der Waals surface area contributed by atoms with Gasteiger partial charge in [-0.1, -0.05) is 24.6 Å². The Bertz CT molecular complexity index is 1140. The maximum Gasteiger partial charge on any atom is 0.257 e. The number of piperazine rings is 1. The summed E-state index contributed by atoms with van der Waals surface area (Å²) < 4.78 is 8.01. The van der Waals surface area contributed by atoms with Crippen LogP contribution in [0.5, 0.6) is 5.75 Å². The van der Waals surface area contributed by atoms with Crippen LogP contribution in [0.4, 0.5) is 0 Å². The van der Waals surface area contributed by atoms with E-state index >= 15 is 0 Å². The van der Waals surface area contributed by atoms with E-state index in [-0.39, 0.29) is 24.3 Å². The van der Waals surface area contributed by atoms with E-state index in [9.17, 15) is 9.59 Å². The van der Waals surface area contributed by atoms with E-state index in [1.165, 1.54) is 0 Å². The number of amides is 2. The first-order valence-electron chi connectivity index (χ1n) is 11.3. The summed E-state index contributed by atoms with van der Waals surface area (Å²) in [5, 5.41) is 0. The number of aromatic nitrogens is 2. The van der Waals surface area contributed by atoms with Crippen LogP contribution in [-0.4, -0.2) is 57.2 Å². The molecule has 7 heteroatoms. The second kappa shape index (κ2) is 8.65. The van der Waals surface area contributed by atoms with Crippen molar-refractivity contribution in [3.8, 4) is 5.75 Å². The summed E-state index contributed by atoms with van der Waals surface area (Å²) in [6.07, 6.45) is 7.08. The zero-order valence-corrected chi connectivity index (χ0v) is 18.4. The van der Waals surface area contributed by atoms with Gasteiger partial charge in [-0.3, -0.25) is 9.59 Å². The summed E-state index contributed by atoms with van der Waals surface area (Å²) in [7, 11) is 0. The molecule has 166 valence electrons. The fourth-order valence-corrected chi connectivity index (χ4v) is 4.41. The van der Waals surface area contributed by atoms with E-state index in [1.807, 2.05) is 63.8 Å². The number of para-hydroxylation sites is 1. The second-order valence-electron chi connectivity index (χ2n) is 8.68. The molecule has 2 amide bonds. The van der Waals surface area contributed by atoms with Crippen LogP contribution in [0.1, 0.15) is 40.9 Å². The van der Waals surface area contributed by atoms with E-state index in [1.54, 1.807) is 6.07 Å². The lowest BCUT2D eigenvalue weighted by Gasteiger charge is -2.38. The fraction of sp³-hybridized carbons (Fsp3) is 0.400. The van der Waals surface area contributed by atoms with Crippen molar-refractivity contribution in [3.63, 3.8) is 0 Å². The summed E-state index contributed by atoms with van der Waals surface area (Å²) >= 11 is 0. The largest absolute Gasteiger partial charge is 0.486 e. The lowest BCUT2D eigenvalue weighted by atomic mass is 9.84. The molecule has 1 aliphatic carbocycles. The van der Waals surface area contributed by atoms with Crippen LogP contribution in [0.3, 0.4) is 0 Å². The van der Waals surface area contributed by atoms with Crippen LogP contribution in [0.15, 0.2) is 48.8 Å². The monoisotopic (exact) mass is 432 g/mol. The maximum absolute atomic E-state index is 13.2. The van der Waals surface area contributed by atoms with Crippen LogP contribution < -0.4 is 4.74 Å². The third-order valence-electron chi connectivity index (χ3n) is 6.55. The summed E-state index contributed by atoms with van der Waals surface area (Å²) in [5.74, 6) is 0.964. The first-order valence-corrected chi connectivity index (χ1v) is 11.3. The van der Waals surface area contributed by atoms with Gasteiger partial charge in [0.15, 0.2) is 0 Å². The molecule has 32 heavy (non-hydrogen) atoms. The summed E-state index contributed by atoms with van der Waals surface area (Å²) in [4.78, 5) is 34.1.